The molecule has 2 aromatic carbocycles. The second-order valence-electron chi connectivity index (χ2n) is 5.66. The van der Waals surface area contributed by atoms with Gasteiger partial charge >= 0.3 is 0 Å². The number of anilines is 1. The zero-order valence-corrected chi connectivity index (χ0v) is 15.5. The number of carboxylic acid groups (broad SMARTS) is 1. The van der Waals surface area contributed by atoms with Crippen LogP contribution in [0.4, 0.5) is 5.69 Å². The van der Waals surface area contributed by atoms with E-state index in [0.717, 1.165) is 4.31 Å². The van der Waals surface area contributed by atoms with Gasteiger partial charge in [0.05, 0.1) is 35.2 Å². The molecule has 0 aromatic heterocycles. The van der Waals surface area contributed by atoms with E-state index in [0.29, 0.717) is 5.56 Å². The molecule has 7 nitrogen and oxygen atoms in total. The second-order valence-corrected chi connectivity index (χ2v) is 7.49. The Morgan fingerprint density at radius 2 is 1.78 bits per heavy atom. The average Bonchev–Trinajstić information content (AvgIpc) is 2.64. The van der Waals surface area contributed by atoms with Crippen molar-refractivity contribution in [3.8, 4) is 0 Å². The number of sulfonamides is 1. The van der Waals surface area contributed by atoms with Crippen LogP contribution < -0.4 is 14.7 Å². The molecule has 0 atom stereocenters. The lowest BCUT2D eigenvalue weighted by molar-refractivity contribution is -0.303. The maximum atomic E-state index is 13.2. The van der Waals surface area contributed by atoms with Crippen molar-refractivity contribution in [1.29, 1.82) is 0 Å². The molecule has 0 saturated heterocycles. The average molecular weight is 387 g/mol. The number of aryl methyl sites for hydroxylation is 1. The molecule has 0 spiro atoms. The number of para-hydroxylation sites is 1. The van der Waals surface area contributed by atoms with Crippen molar-refractivity contribution in [1.82, 2.24) is 5.32 Å². The summed E-state index contributed by atoms with van der Waals surface area (Å²) >= 11 is 0. The molecule has 0 aliphatic rings. The highest BCUT2D eigenvalue weighted by molar-refractivity contribution is 7.92. The van der Waals surface area contributed by atoms with E-state index >= 15 is 0 Å². The summed E-state index contributed by atoms with van der Waals surface area (Å²) in [5.41, 5.74) is 0.708. The first-order valence-corrected chi connectivity index (χ1v) is 9.49. The fourth-order valence-corrected chi connectivity index (χ4v) is 4.22. The lowest BCUT2D eigenvalue weighted by Crippen LogP contribution is -2.39. The standard InChI is InChI=1S/C19H20N2O5S/c1-3-12-21(27(25,26)17-11-7-4-8-14(17)2)16-10-6-5-9-15(16)19(24)20-13-18(22)23/h3-11H,1,12-13H2,2H3,(H,20,24)(H,22,23)/p-1. The number of amides is 1. The van der Waals surface area contributed by atoms with Crippen LogP contribution >= 0.6 is 0 Å². The maximum Gasteiger partial charge on any atom is 0.264 e. The SMILES string of the molecule is C=CCN(c1ccccc1C(=O)NCC(=O)[O-])S(=O)(=O)c1ccccc1C. The van der Waals surface area contributed by atoms with Crippen molar-refractivity contribution < 1.29 is 23.1 Å². The Balaban J connectivity index is 2.55. The van der Waals surface area contributed by atoms with Gasteiger partial charge in [-0.05, 0) is 30.7 Å². The van der Waals surface area contributed by atoms with Gasteiger partial charge in [-0.2, -0.15) is 0 Å². The lowest BCUT2D eigenvalue weighted by atomic mass is 10.1. The van der Waals surface area contributed by atoms with E-state index < -0.39 is 28.4 Å². The minimum Gasteiger partial charge on any atom is -0.548 e. The number of benzene rings is 2. The van der Waals surface area contributed by atoms with Crippen LogP contribution in [-0.4, -0.2) is 33.4 Å². The number of nitrogens with zero attached hydrogens (tertiary/aromatic N) is 1. The Hall–Kier alpha value is -3.13. The maximum absolute atomic E-state index is 13.2. The Kier molecular flexibility index (Phi) is 6.36. The molecule has 2 rings (SSSR count). The smallest absolute Gasteiger partial charge is 0.264 e. The van der Waals surface area contributed by atoms with E-state index in [4.69, 9.17) is 0 Å². The topological polar surface area (TPSA) is 107 Å². The molecule has 0 unspecified atom stereocenters. The quantitative estimate of drug-likeness (QED) is 0.676. The van der Waals surface area contributed by atoms with Gasteiger partial charge in [0.25, 0.3) is 15.9 Å². The second kappa shape index (κ2) is 8.50. The predicted octanol–water partition coefficient (Wildman–Crippen LogP) is 0.856. The number of carbonyl (C=O) groups is 2. The number of aliphatic carboxylic acids is 1. The van der Waals surface area contributed by atoms with Gasteiger partial charge in [-0.1, -0.05) is 36.4 Å². The highest BCUT2D eigenvalue weighted by Crippen LogP contribution is 2.28. The molecule has 0 radical (unpaired) electrons. The molecule has 1 N–H and O–H groups in total. The van der Waals surface area contributed by atoms with Gasteiger partial charge in [0.2, 0.25) is 0 Å². The summed E-state index contributed by atoms with van der Waals surface area (Å²) in [6.07, 6.45) is 1.41. The van der Waals surface area contributed by atoms with Crippen LogP contribution in [0.3, 0.4) is 0 Å². The summed E-state index contributed by atoms with van der Waals surface area (Å²) < 4.78 is 27.5. The third-order valence-corrected chi connectivity index (χ3v) is 5.71. The highest BCUT2D eigenvalue weighted by atomic mass is 32.2. The highest BCUT2D eigenvalue weighted by Gasteiger charge is 2.28. The monoisotopic (exact) mass is 387 g/mol. The summed E-state index contributed by atoms with van der Waals surface area (Å²) in [6, 6.07) is 12.6. The fraction of sp³-hybridized carbons (Fsp3) is 0.158. The molecule has 0 aliphatic carbocycles. The van der Waals surface area contributed by atoms with Crippen LogP contribution in [0.2, 0.25) is 0 Å². The van der Waals surface area contributed by atoms with Crippen LogP contribution in [0.1, 0.15) is 15.9 Å². The Morgan fingerprint density at radius 3 is 2.41 bits per heavy atom. The van der Waals surface area contributed by atoms with Crippen molar-refractivity contribution >= 4 is 27.6 Å². The van der Waals surface area contributed by atoms with Crippen LogP contribution in [0, 0.1) is 6.92 Å². The Bertz CT molecular complexity index is 970. The number of carboxylic acids is 1. The first kappa shape index (κ1) is 20.2. The molecule has 0 heterocycles. The van der Waals surface area contributed by atoms with E-state index in [9.17, 15) is 23.1 Å². The molecule has 0 fully saturated rings. The predicted molar refractivity (Wildman–Crippen MR) is 99.7 cm³/mol. The van der Waals surface area contributed by atoms with Gasteiger partial charge in [0, 0.05) is 0 Å². The van der Waals surface area contributed by atoms with E-state index in [1.807, 2.05) is 0 Å². The van der Waals surface area contributed by atoms with Gasteiger partial charge < -0.3 is 15.2 Å². The van der Waals surface area contributed by atoms with Crippen molar-refractivity contribution in [3.05, 3.63) is 72.3 Å². The van der Waals surface area contributed by atoms with E-state index in [1.54, 1.807) is 37.3 Å². The number of rotatable bonds is 8. The fourth-order valence-electron chi connectivity index (χ4n) is 2.54. The molecule has 0 bridgehead atoms. The normalized spacial score (nSPS) is 10.9. The third-order valence-electron chi connectivity index (χ3n) is 3.77. The van der Waals surface area contributed by atoms with Gasteiger partial charge in [-0.25, -0.2) is 8.42 Å². The molecule has 27 heavy (non-hydrogen) atoms. The molecule has 1 amide bonds. The van der Waals surface area contributed by atoms with Crippen molar-refractivity contribution in [2.75, 3.05) is 17.4 Å². The van der Waals surface area contributed by atoms with Gasteiger partial charge in [0.15, 0.2) is 0 Å². The zero-order valence-electron chi connectivity index (χ0n) is 14.7. The molecule has 2 aromatic rings. The third kappa shape index (κ3) is 4.53. The summed E-state index contributed by atoms with van der Waals surface area (Å²) in [6.45, 7) is 4.53. The Labute approximate surface area is 158 Å². The molecule has 8 heteroatoms. The van der Waals surface area contributed by atoms with Gasteiger partial charge in [0.1, 0.15) is 0 Å². The van der Waals surface area contributed by atoms with Crippen LogP contribution in [0.25, 0.3) is 0 Å². The van der Waals surface area contributed by atoms with Gasteiger partial charge in [-0.3, -0.25) is 9.10 Å². The number of carbonyl (C=O) groups excluding carboxylic acids is 2. The molecule has 142 valence electrons. The summed E-state index contributed by atoms with van der Waals surface area (Å²) in [4.78, 5) is 23.1. The summed E-state index contributed by atoms with van der Waals surface area (Å²) in [5.74, 6) is -2.17. The van der Waals surface area contributed by atoms with Crippen molar-refractivity contribution in [2.45, 2.75) is 11.8 Å². The van der Waals surface area contributed by atoms with Crippen LogP contribution in [0.5, 0.6) is 0 Å². The van der Waals surface area contributed by atoms with E-state index in [-0.39, 0.29) is 22.7 Å². The first-order chi connectivity index (χ1) is 12.8. The lowest BCUT2D eigenvalue weighted by Gasteiger charge is -2.26. The minimum absolute atomic E-state index is 0.0257. The van der Waals surface area contributed by atoms with E-state index in [1.165, 1.54) is 24.3 Å². The molecule has 0 aliphatic heterocycles. The van der Waals surface area contributed by atoms with Gasteiger partial charge in [-0.15, -0.1) is 6.58 Å². The van der Waals surface area contributed by atoms with Crippen LogP contribution in [0.15, 0.2) is 66.1 Å². The minimum atomic E-state index is -3.98. The summed E-state index contributed by atoms with van der Waals surface area (Å²) in [7, 11) is -3.98. The van der Waals surface area contributed by atoms with Crippen molar-refractivity contribution in [2.24, 2.45) is 0 Å². The first-order valence-electron chi connectivity index (χ1n) is 8.05. The molecule has 0 saturated carbocycles. The number of hydrogen-bond acceptors (Lipinski definition) is 5. The van der Waals surface area contributed by atoms with Crippen LogP contribution in [-0.2, 0) is 14.8 Å². The zero-order chi connectivity index (χ0) is 20.0. The molecular formula is C19H19N2O5S-. The number of hydrogen-bond donors (Lipinski definition) is 1. The Morgan fingerprint density at radius 1 is 1.15 bits per heavy atom. The molecular weight excluding hydrogens is 368 g/mol. The van der Waals surface area contributed by atoms with E-state index in [2.05, 4.69) is 11.9 Å². The van der Waals surface area contributed by atoms with Crippen molar-refractivity contribution in [3.63, 3.8) is 0 Å². The largest absolute Gasteiger partial charge is 0.548 e. The number of nitrogens with one attached hydrogen (secondary N) is 1. The summed E-state index contributed by atoms with van der Waals surface area (Å²) in [5, 5.41) is 12.8.